The number of rotatable bonds is 5. The van der Waals surface area contributed by atoms with Crippen LogP contribution in [0.5, 0.6) is 5.75 Å². The van der Waals surface area contributed by atoms with E-state index in [-0.39, 0.29) is 18.5 Å². The van der Waals surface area contributed by atoms with Gasteiger partial charge >= 0.3 is 5.97 Å². The smallest absolute Gasteiger partial charge is 0.303 e. The number of carbonyl (C=O) groups is 1. The minimum absolute atomic E-state index is 0.0616. The summed E-state index contributed by atoms with van der Waals surface area (Å²) < 4.78 is 6.93. The molecule has 2 rings (SSSR count). The second kappa shape index (κ2) is 5.43. The van der Waals surface area contributed by atoms with Crippen molar-refractivity contribution >= 4 is 22.6 Å². The highest BCUT2D eigenvalue weighted by Crippen LogP contribution is 2.37. The molecule has 0 atom stereocenters. The lowest BCUT2D eigenvalue weighted by atomic mass is 10.0. The number of carboxylic acids is 1. The Hall–Kier alpha value is -2.57. The standard InChI is InChI=1S/C14H16N2O5/c1-8-10(4-5-13(17)18)14-11(15(8)2)6-9(21-3)7-12(14)16(19)20/h6-7H,4-5H2,1-3H3,(H,17,18). The maximum absolute atomic E-state index is 11.3. The summed E-state index contributed by atoms with van der Waals surface area (Å²) in [5, 5.41) is 20.7. The summed E-state index contributed by atoms with van der Waals surface area (Å²) in [6.07, 6.45) is 0.189. The Labute approximate surface area is 120 Å². The number of benzene rings is 1. The Morgan fingerprint density at radius 2 is 2.14 bits per heavy atom. The maximum atomic E-state index is 11.3. The molecule has 0 radical (unpaired) electrons. The fraction of sp³-hybridized carbons (Fsp3) is 0.357. The third-order valence-electron chi connectivity index (χ3n) is 3.69. The zero-order valence-corrected chi connectivity index (χ0v) is 12.0. The highest BCUT2D eigenvalue weighted by Gasteiger charge is 2.23. The van der Waals surface area contributed by atoms with Crippen LogP contribution in [0.25, 0.3) is 10.9 Å². The molecule has 0 bridgehead atoms. The molecule has 0 aliphatic carbocycles. The molecule has 0 saturated heterocycles. The Morgan fingerprint density at radius 3 is 2.67 bits per heavy atom. The number of carboxylic acid groups (broad SMARTS) is 1. The third kappa shape index (κ3) is 2.54. The normalized spacial score (nSPS) is 10.8. The zero-order chi connectivity index (χ0) is 15.7. The number of ether oxygens (including phenoxy) is 1. The number of non-ortho nitro benzene ring substituents is 1. The van der Waals surface area contributed by atoms with Crippen LogP contribution in [0.15, 0.2) is 12.1 Å². The molecule has 0 spiro atoms. The van der Waals surface area contributed by atoms with E-state index in [0.717, 1.165) is 5.69 Å². The molecule has 1 N–H and O–H groups in total. The molecular weight excluding hydrogens is 276 g/mol. The van der Waals surface area contributed by atoms with Gasteiger partial charge in [-0.1, -0.05) is 0 Å². The molecule has 0 fully saturated rings. The van der Waals surface area contributed by atoms with Crippen molar-refractivity contribution in [2.75, 3.05) is 7.11 Å². The van der Waals surface area contributed by atoms with Gasteiger partial charge < -0.3 is 14.4 Å². The Kier molecular flexibility index (Phi) is 3.84. The van der Waals surface area contributed by atoms with E-state index in [1.807, 2.05) is 11.5 Å². The summed E-state index contributed by atoms with van der Waals surface area (Å²) in [7, 11) is 3.25. The van der Waals surface area contributed by atoms with Crippen molar-refractivity contribution in [2.24, 2.45) is 7.05 Å². The number of hydrogen-bond donors (Lipinski definition) is 1. The molecule has 7 nitrogen and oxygen atoms in total. The molecule has 21 heavy (non-hydrogen) atoms. The van der Waals surface area contributed by atoms with Crippen LogP contribution in [0.1, 0.15) is 17.7 Å². The Bertz CT molecular complexity index is 733. The van der Waals surface area contributed by atoms with Gasteiger partial charge in [0.15, 0.2) is 0 Å². The number of hydrogen-bond acceptors (Lipinski definition) is 4. The molecule has 1 aromatic heterocycles. The highest BCUT2D eigenvalue weighted by atomic mass is 16.6. The lowest BCUT2D eigenvalue weighted by Crippen LogP contribution is -1.99. The van der Waals surface area contributed by atoms with Gasteiger partial charge in [-0.25, -0.2) is 0 Å². The zero-order valence-electron chi connectivity index (χ0n) is 12.0. The van der Waals surface area contributed by atoms with Crippen LogP contribution in [0, 0.1) is 17.0 Å². The van der Waals surface area contributed by atoms with Gasteiger partial charge in [0.25, 0.3) is 5.69 Å². The number of nitro groups is 1. The lowest BCUT2D eigenvalue weighted by molar-refractivity contribution is -0.383. The average Bonchev–Trinajstić information content (AvgIpc) is 2.68. The van der Waals surface area contributed by atoms with Crippen molar-refractivity contribution < 1.29 is 19.6 Å². The molecule has 1 heterocycles. The number of nitro benzene ring substituents is 1. The van der Waals surface area contributed by atoms with Gasteiger partial charge in [0.1, 0.15) is 5.75 Å². The lowest BCUT2D eigenvalue weighted by Gasteiger charge is -2.03. The molecule has 112 valence electrons. The average molecular weight is 292 g/mol. The fourth-order valence-electron chi connectivity index (χ4n) is 2.52. The number of nitrogens with zero attached hydrogens (tertiary/aromatic N) is 2. The van der Waals surface area contributed by atoms with Crippen molar-refractivity contribution in [3.05, 3.63) is 33.5 Å². The van der Waals surface area contributed by atoms with Gasteiger partial charge in [-0.3, -0.25) is 14.9 Å². The van der Waals surface area contributed by atoms with E-state index in [2.05, 4.69) is 0 Å². The SMILES string of the molecule is COc1cc([N+](=O)[O-])c2c(CCC(=O)O)c(C)n(C)c2c1. The second-order valence-corrected chi connectivity index (χ2v) is 4.81. The van der Waals surface area contributed by atoms with Crippen molar-refractivity contribution in [1.82, 2.24) is 4.57 Å². The van der Waals surface area contributed by atoms with Crippen LogP contribution < -0.4 is 4.74 Å². The predicted octanol–water partition coefficient (Wildman–Crippen LogP) is 2.42. The predicted molar refractivity (Wildman–Crippen MR) is 76.8 cm³/mol. The number of methoxy groups -OCH3 is 1. The molecule has 7 heteroatoms. The van der Waals surface area contributed by atoms with Crippen LogP contribution in [0.4, 0.5) is 5.69 Å². The summed E-state index contributed by atoms with van der Waals surface area (Å²) in [5.41, 5.74) is 2.12. The minimum atomic E-state index is -0.928. The third-order valence-corrected chi connectivity index (χ3v) is 3.69. The van der Waals surface area contributed by atoms with Gasteiger partial charge in [-0.15, -0.1) is 0 Å². The first-order valence-electron chi connectivity index (χ1n) is 6.39. The second-order valence-electron chi connectivity index (χ2n) is 4.81. The van der Waals surface area contributed by atoms with Crippen molar-refractivity contribution in [3.8, 4) is 5.75 Å². The summed E-state index contributed by atoms with van der Waals surface area (Å²) in [4.78, 5) is 21.6. The number of aryl methyl sites for hydroxylation is 2. The topological polar surface area (TPSA) is 94.6 Å². The van der Waals surface area contributed by atoms with E-state index in [0.29, 0.717) is 22.2 Å². The first kappa shape index (κ1) is 14.8. The first-order valence-corrected chi connectivity index (χ1v) is 6.39. The number of aliphatic carboxylic acids is 1. The molecule has 1 aromatic carbocycles. The molecule has 0 unspecified atom stereocenters. The van der Waals surface area contributed by atoms with Crippen LogP contribution in [0.3, 0.4) is 0 Å². The van der Waals surface area contributed by atoms with E-state index in [1.165, 1.54) is 13.2 Å². The van der Waals surface area contributed by atoms with Crippen LogP contribution in [0.2, 0.25) is 0 Å². The quantitative estimate of drug-likeness (QED) is 0.674. The van der Waals surface area contributed by atoms with Crippen LogP contribution in [-0.2, 0) is 18.3 Å². The highest BCUT2D eigenvalue weighted by molar-refractivity contribution is 5.95. The van der Waals surface area contributed by atoms with E-state index < -0.39 is 10.9 Å². The fourth-order valence-corrected chi connectivity index (χ4v) is 2.52. The summed E-state index contributed by atoms with van der Waals surface area (Å²) in [5.74, 6) is -0.526. The van der Waals surface area contributed by atoms with Gasteiger partial charge in [0.2, 0.25) is 0 Å². The van der Waals surface area contributed by atoms with Gasteiger partial charge in [-0.05, 0) is 18.9 Å². The van der Waals surface area contributed by atoms with Crippen molar-refractivity contribution in [3.63, 3.8) is 0 Å². The van der Waals surface area contributed by atoms with Gasteiger partial charge in [-0.2, -0.15) is 0 Å². The summed E-state index contributed by atoms with van der Waals surface area (Å²) in [6, 6.07) is 3.09. The molecule has 0 amide bonds. The van der Waals surface area contributed by atoms with E-state index >= 15 is 0 Å². The largest absolute Gasteiger partial charge is 0.496 e. The monoisotopic (exact) mass is 292 g/mol. The number of fused-ring (bicyclic) bond motifs is 1. The van der Waals surface area contributed by atoms with E-state index in [1.54, 1.807) is 13.1 Å². The molecule has 0 aliphatic heterocycles. The molecule has 0 aliphatic rings. The molecular formula is C14H16N2O5. The van der Waals surface area contributed by atoms with E-state index in [4.69, 9.17) is 9.84 Å². The minimum Gasteiger partial charge on any atom is -0.496 e. The van der Waals surface area contributed by atoms with Crippen molar-refractivity contribution in [2.45, 2.75) is 19.8 Å². The Morgan fingerprint density at radius 1 is 1.48 bits per heavy atom. The van der Waals surface area contributed by atoms with Crippen molar-refractivity contribution in [1.29, 1.82) is 0 Å². The maximum Gasteiger partial charge on any atom is 0.303 e. The Balaban J connectivity index is 2.76. The number of aromatic nitrogens is 1. The summed E-state index contributed by atoms with van der Waals surface area (Å²) >= 11 is 0. The van der Waals surface area contributed by atoms with Crippen LogP contribution in [-0.4, -0.2) is 27.7 Å². The molecule has 2 aromatic rings. The summed E-state index contributed by atoms with van der Waals surface area (Å²) in [6.45, 7) is 1.83. The first-order chi connectivity index (χ1) is 9.86. The van der Waals surface area contributed by atoms with E-state index in [9.17, 15) is 14.9 Å². The van der Waals surface area contributed by atoms with Crippen LogP contribution >= 0.6 is 0 Å². The van der Waals surface area contributed by atoms with Gasteiger partial charge in [0, 0.05) is 25.2 Å². The molecule has 0 saturated carbocycles. The van der Waals surface area contributed by atoms with Gasteiger partial charge in [0.05, 0.1) is 29.0 Å².